The van der Waals surface area contributed by atoms with Crippen LogP contribution in [-0.2, 0) is 0 Å². The van der Waals surface area contributed by atoms with Crippen molar-refractivity contribution in [2.75, 3.05) is 15.4 Å². The van der Waals surface area contributed by atoms with Gasteiger partial charge in [0.25, 0.3) is 0 Å². The maximum atomic E-state index is 7.33. The van der Waals surface area contributed by atoms with Crippen molar-refractivity contribution in [3.63, 3.8) is 0 Å². The summed E-state index contributed by atoms with van der Waals surface area (Å²) in [6, 6.07) is 0. The third kappa shape index (κ3) is 1.55. The molecule has 1 fully saturated rings. The van der Waals surface area contributed by atoms with Crippen LogP contribution >= 0.6 is 9.39 Å². The van der Waals surface area contributed by atoms with E-state index in [1.54, 1.807) is 0 Å². The minimum atomic E-state index is 0.368. The Morgan fingerprint density at radius 1 is 1.75 bits per heavy atom. The zero-order valence-electron chi connectivity index (χ0n) is 4.52. The summed E-state index contributed by atoms with van der Waals surface area (Å²) in [5.41, 5.74) is 0. The van der Waals surface area contributed by atoms with E-state index in [0.717, 1.165) is 16.8 Å². The number of hydrogen-bond donors (Lipinski definition) is 1. The van der Waals surface area contributed by atoms with Gasteiger partial charge in [0.15, 0.2) is 0 Å². The normalized spacial score (nSPS) is 22.6. The number of rotatable bonds is 0. The molecule has 4 heteroatoms. The van der Waals surface area contributed by atoms with E-state index in [9.17, 15) is 0 Å². The fourth-order valence-corrected chi connectivity index (χ4v) is 3.83. The van der Waals surface area contributed by atoms with Gasteiger partial charge in [0.1, 0.15) is 0 Å². The summed E-state index contributed by atoms with van der Waals surface area (Å²) in [6.07, 6.45) is 0. The Balaban J connectivity index is 2.39. The van der Waals surface area contributed by atoms with Crippen LogP contribution in [0.15, 0.2) is 0 Å². The number of amidine groups is 1. The van der Waals surface area contributed by atoms with Crippen LogP contribution in [0, 0.1) is 5.41 Å². The molecule has 8 heavy (non-hydrogen) atoms. The second-order valence-electron chi connectivity index (χ2n) is 1.65. The average Bonchev–Trinajstić information content (AvgIpc) is 1.77. The standard InChI is InChI=1S/C4H9IN2P/c6-4-3-5-1-2-7(4)8/h6H,1-3,8H2/q-1. The van der Waals surface area contributed by atoms with Crippen LogP contribution in [0.3, 0.4) is 0 Å². The molecule has 2 nitrogen and oxygen atoms in total. The molecule has 0 aliphatic carbocycles. The summed E-state index contributed by atoms with van der Waals surface area (Å²) in [4.78, 5) is 0. The summed E-state index contributed by atoms with van der Waals surface area (Å²) in [7, 11) is 2.57. The van der Waals surface area contributed by atoms with Crippen molar-refractivity contribution in [3.05, 3.63) is 0 Å². The van der Waals surface area contributed by atoms with Gasteiger partial charge >= 0.3 is 61.9 Å². The first-order chi connectivity index (χ1) is 3.80. The summed E-state index contributed by atoms with van der Waals surface area (Å²) < 4.78 is 4.39. The molecule has 0 aromatic rings. The van der Waals surface area contributed by atoms with Crippen LogP contribution in [-0.4, -0.2) is 25.9 Å². The maximum absolute atomic E-state index is 7.33. The SMILES string of the molecule is N=C1C[I-]CCN1P. The van der Waals surface area contributed by atoms with Gasteiger partial charge in [0.05, 0.1) is 0 Å². The molecule has 0 aromatic heterocycles. The fourth-order valence-electron chi connectivity index (χ4n) is 0.519. The number of halogens is 1. The van der Waals surface area contributed by atoms with Gasteiger partial charge < -0.3 is 0 Å². The van der Waals surface area contributed by atoms with Gasteiger partial charge in [0, 0.05) is 0 Å². The van der Waals surface area contributed by atoms with Gasteiger partial charge in [0.2, 0.25) is 0 Å². The van der Waals surface area contributed by atoms with Gasteiger partial charge in [-0.1, -0.05) is 0 Å². The average molecular weight is 243 g/mol. The Kier molecular flexibility index (Phi) is 2.50. The van der Waals surface area contributed by atoms with E-state index >= 15 is 0 Å². The summed E-state index contributed by atoms with van der Waals surface area (Å²) in [5, 5.41) is 7.33. The van der Waals surface area contributed by atoms with Crippen molar-refractivity contribution in [1.29, 1.82) is 5.41 Å². The van der Waals surface area contributed by atoms with Crippen LogP contribution in [0.4, 0.5) is 0 Å². The molecular formula is C4H9IN2P-. The van der Waals surface area contributed by atoms with E-state index < -0.39 is 0 Å². The Bertz CT molecular complexity index is 106. The third-order valence-corrected chi connectivity index (χ3v) is 4.10. The Morgan fingerprint density at radius 3 is 2.88 bits per heavy atom. The van der Waals surface area contributed by atoms with E-state index in [1.807, 2.05) is 4.67 Å². The molecule has 1 heterocycles. The van der Waals surface area contributed by atoms with E-state index in [4.69, 9.17) is 5.41 Å². The van der Waals surface area contributed by atoms with Gasteiger partial charge in [-0.05, 0) is 0 Å². The van der Waals surface area contributed by atoms with Crippen molar-refractivity contribution in [2.24, 2.45) is 0 Å². The monoisotopic (exact) mass is 243 g/mol. The Morgan fingerprint density at radius 2 is 2.50 bits per heavy atom. The third-order valence-electron chi connectivity index (χ3n) is 1.03. The fraction of sp³-hybridized carbons (Fsp3) is 0.750. The molecule has 0 radical (unpaired) electrons. The molecule has 1 aliphatic rings. The van der Waals surface area contributed by atoms with Crippen molar-refractivity contribution in [1.82, 2.24) is 4.67 Å². The first-order valence-corrected chi connectivity index (χ1v) is 6.00. The van der Waals surface area contributed by atoms with Crippen molar-refractivity contribution >= 4 is 15.2 Å². The molecular weight excluding hydrogens is 234 g/mol. The van der Waals surface area contributed by atoms with Crippen LogP contribution in [0.1, 0.15) is 0 Å². The molecule has 0 amide bonds. The zero-order chi connectivity index (χ0) is 5.98. The van der Waals surface area contributed by atoms with E-state index in [0.29, 0.717) is 21.2 Å². The predicted molar refractivity (Wildman–Crippen MR) is 33.9 cm³/mol. The molecule has 1 atom stereocenters. The Hall–Kier alpha value is 0.630. The molecule has 1 rings (SSSR count). The molecule has 0 saturated carbocycles. The minimum absolute atomic E-state index is 0.368. The number of alkyl halides is 2. The predicted octanol–water partition coefficient (Wildman–Crippen LogP) is -2.84. The van der Waals surface area contributed by atoms with E-state index in [2.05, 4.69) is 9.39 Å². The van der Waals surface area contributed by atoms with E-state index in [-0.39, 0.29) is 0 Å². The second-order valence-corrected chi connectivity index (χ2v) is 5.20. The molecule has 1 N–H and O–H groups in total. The van der Waals surface area contributed by atoms with Gasteiger partial charge in [-0.25, -0.2) is 0 Å². The first-order valence-electron chi connectivity index (χ1n) is 2.44. The van der Waals surface area contributed by atoms with E-state index in [1.165, 1.54) is 4.43 Å². The molecule has 48 valence electrons. The molecule has 1 saturated heterocycles. The summed E-state index contributed by atoms with van der Waals surface area (Å²) in [6.45, 7) is 1.09. The van der Waals surface area contributed by atoms with Crippen LogP contribution in [0.25, 0.3) is 0 Å². The molecule has 1 aliphatic heterocycles. The van der Waals surface area contributed by atoms with Crippen molar-refractivity contribution in [3.8, 4) is 0 Å². The summed E-state index contributed by atoms with van der Waals surface area (Å²) >= 11 is 0.368. The van der Waals surface area contributed by atoms with Gasteiger partial charge in [-0.15, -0.1) is 0 Å². The summed E-state index contributed by atoms with van der Waals surface area (Å²) in [5.74, 6) is 0.814. The van der Waals surface area contributed by atoms with Crippen LogP contribution < -0.4 is 21.2 Å². The van der Waals surface area contributed by atoms with Gasteiger partial charge in [-0.3, -0.25) is 0 Å². The molecule has 0 spiro atoms. The molecule has 1 unspecified atom stereocenters. The zero-order valence-corrected chi connectivity index (χ0v) is 7.84. The quantitative estimate of drug-likeness (QED) is 0.277. The molecule has 0 bridgehead atoms. The molecule has 0 aromatic carbocycles. The van der Waals surface area contributed by atoms with Gasteiger partial charge in [-0.2, -0.15) is 0 Å². The number of nitrogens with zero attached hydrogens (tertiary/aromatic N) is 1. The second kappa shape index (κ2) is 2.97. The van der Waals surface area contributed by atoms with Crippen LogP contribution in [0.2, 0.25) is 0 Å². The number of nitrogens with one attached hydrogen (secondary N) is 1. The number of hydrogen-bond acceptors (Lipinski definition) is 1. The topological polar surface area (TPSA) is 27.1 Å². The van der Waals surface area contributed by atoms with Crippen molar-refractivity contribution in [2.45, 2.75) is 0 Å². The first kappa shape index (κ1) is 6.75. The van der Waals surface area contributed by atoms with Crippen LogP contribution in [0.5, 0.6) is 0 Å². The van der Waals surface area contributed by atoms with Crippen molar-refractivity contribution < 1.29 is 21.2 Å². The Labute approximate surface area is 62.0 Å².